The van der Waals surface area contributed by atoms with Gasteiger partial charge in [0.05, 0.1) is 11.2 Å². The number of ether oxygens (including phenoxy) is 1. The van der Waals surface area contributed by atoms with Crippen LogP contribution in [-0.4, -0.2) is 58.4 Å². The van der Waals surface area contributed by atoms with Gasteiger partial charge in [0, 0.05) is 18.0 Å². The molecule has 0 unspecified atom stereocenters. The van der Waals surface area contributed by atoms with Crippen molar-refractivity contribution in [2.45, 2.75) is 58.1 Å². The van der Waals surface area contributed by atoms with Crippen LogP contribution in [0.3, 0.4) is 0 Å². The number of imide groups is 1. The molecule has 3 aromatic rings. The van der Waals surface area contributed by atoms with Crippen molar-refractivity contribution in [3.8, 4) is 0 Å². The van der Waals surface area contributed by atoms with Crippen molar-refractivity contribution in [2.24, 2.45) is 0 Å². The molecule has 0 saturated carbocycles. The molecule has 8 nitrogen and oxygen atoms in total. The number of benzene rings is 2. The predicted molar refractivity (Wildman–Crippen MR) is 149 cm³/mol. The molecule has 1 aliphatic rings. The normalized spacial score (nSPS) is 15.6. The van der Waals surface area contributed by atoms with Gasteiger partial charge < -0.3 is 9.64 Å². The Morgan fingerprint density at radius 1 is 1.03 bits per heavy atom. The fourth-order valence-corrected chi connectivity index (χ4v) is 5.00. The number of piperidine rings is 1. The van der Waals surface area contributed by atoms with Gasteiger partial charge >= 0.3 is 12.1 Å². The molecule has 202 valence electrons. The average molecular weight is 518 g/mol. The zero-order valence-corrected chi connectivity index (χ0v) is 23.1. The van der Waals surface area contributed by atoms with Gasteiger partial charge in [-0.15, -0.1) is 0 Å². The van der Waals surface area contributed by atoms with Gasteiger partial charge in [0.2, 0.25) is 0 Å². The number of aromatic nitrogens is 2. The Balaban J connectivity index is 1.61. The van der Waals surface area contributed by atoms with E-state index in [4.69, 9.17) is 9.84 Å². The van der Waals surface area contributed by atoms with E-state index in [1.165, 1.54) is 5.56 Å². The third-order valence-corrected chi connectivity index (χ3v) is 7.22. The summed E-state index contributed by atoms with van der Waals surface area (Å²) in [5.74, 6) is 0.557. The molecule has 8 heteroatoms. The number of carbonyl (C=O) groups is 2. The number of rotatable bonds is 6. The molecule has 0 atom stereocenters. The Hall–Kier alpha value is -3.65. The first-order valence-electron chi connectivity index (χ1n) is 13.3. The summed E-state index contributed by atoms with van der Waals surface area (Å²) in [4.78, 5) is 29.5. The lowest BCUT2D eigenvalue weighted by molar-refractivity contribution is 0.108. The maximum Gasteiger partial charge on any atom is 0.418 e. The molecule has 0 bridgehead atoms. The standard InChI is InChI=1S/C30H39N5O3/c1-6-34(28(37)38-22-23-13-9-7-10-14-23)27(36)31-26-21-25(32-35(26)29(2,3)4)30(17-19-33(5)20-18-30)24-15-11-8-12-16-24/h7-16,21H,6,17-20,22H2,1-5H3,(H,31,36). The quantitative estimate of drug-likeness (QED) is 0.444. The maximum atomic E-state index is 13.3. The number of nitrogens with zero attached hydrogens (tertiary/aromatic N) is 4. The molecule has 3 amide bonds. The molecule has 0 aliphatic carbocycles. The van der Waals surface area contributed by atoms with Crippen LogP contribution in [0.25, 0.3) is 0 Å². The van der Waals surface area contributed by atoms with Crippen LogP contribution in [0.15, 0.2) is 66.7 Å². The third kappa shape index (κ3) is 5.91. The minimum atomic E-state index is -0.688. The molecule has 2 aromatic carbocycles. The fraction of sp³-hybridized carbons (Fsp3) is 0.433. The first-order chi connectivity index (χ1) is 18.1. The Bertz CT molecular complexity index is 1230. The van der Waals surface area contributed by atoms with E-state index < -0.39 is 17.7 Å². The second kappa shape index (κ2) is 11.4. The highest BCUT2D eigenvalue weighted by Gasteiger charge is 2.40. The third-order valence-electron chi connectivity index (χ3n) is 7.22. The van der Waals surface area contributed by atoms with Crippen LogP contribution in [0.4, 0.5) is 15.4 Å². The molecule has 1 fully saturated rings. The average Bonchev–Trinajstić information content (AvgIpc) is 3.34. The molecular weight excluding hydrogens is 478 g/mol. The van der Waals surface area contributed by atoms with Gasteiger partial charge in [0.25, 0.3) is 0 Å². The lowest BCUT2D eigenvalue weighted by Gasteiger charge is -2.40. The number of urea groups is 1. The zero-order valence-electron chi connectivity index (χ0n) is 23.1. The lowest BCUT2D eigenvalue weighted by atomic mass is 9.70. The van der Waals surface area contributed by atoms with Crippen LogP contribution in [0.1, 0.15) is 57.4 Å². The Kier molecular flexibility index (Phi) is 8.21. The Labute approximate surface area is 225 Å². The highest BCUT2D eigenvalue weighted by molar-refractivity contribution is 5.98. The number of nitrogens with one attached hydrogen (secondary N) is 1. The van der Waals surface area contributed by atoms with Crippen LogP contribution in [0, 0.1) is 0 Å². The Morgan fingerprint density at radius 2 is 1.63 bits per heavy atom. The molecule has 1 N–H and O–H groups in total. The summed E-state index contributed by atoms with van der Waals surface area (Å²) in [6, 6.07) is 21.3. The van der Waals surface area contributed by atoms with E-state index in [0.29, 0.717) is 5.82 Å². The highest BCUT2D eigenvalue weighted by Crippen LogP contribution is 2.42. The summed E-state index contributed by atoms with van der Waals surface area (Å²) in [5, 5.41) is 8.05. The van der Waals surface area contributed by atoms with Crippen molar-refractivity contribution >= 4 is 17.9 Å². The highest BCUT2D eigenvalue weighted by atomic mass is 16.6. The SMILES string of the molecule is CCN(C(=O)Nc1cc(C2(c3ccccc3)CCN(C)CC2)nn1C(C)(C)C)C(=O)OCc1ccccc1. The van der Waals surface area contributed by atoms with Crippen LogP contribution in [-0.2, 0) is 22.3 Å². The van der Waals surface area contributed by atoms with Crippen LogP contribution in [0.5, 0.6) is 0 Å². The van der Waals surface area contributed by atoms with Gasteiger partial charge in [-0.3, -0.25) is 5.32 Å². The smallest absolute Gasteiger partial charge is 0.418 e. The largest absolute Gasteiger partial charge is 0.444 e. The maximum absolute atomic E-state index is 13.3. The zero-order chi connectivity index (χ0) is 27.3. The first kappa shape index (κ1) is 27.4. The number of likely N-dealkylation sites (tertiary alicyclic amines) is 1. The Morgan fingerprint density at radius 3 is 2.21 bits per heavy atom. The number of carbonyl (C=O) groups excluding carboxylic acids is 2. The van der Waals surface area contributed by atoms with Crippen molar-refractivity contribution in [1.29, 1.82) is 0 Å². The number of hydrogen-bond donors (Lipinski definition) is 1. The minimum Gasteiger partial charge on any atom is -0.444 e. The molecule has 2 heterocycles. The summed E-state index contributed by atoms with van der Waals surface area (Å²) in [7, 11) is 2.14. The van der Waals surface area contributed by atoms with Crippen LogP contribution < -0.4 is 5.32 Å². The summed E-state index contributed by atoms with van der Waals surface area (Å²) >= 11 is 0. The van der Waals surface area contributed by atoms with Gasteiger partial charge in [-0.25, -0.2) is 19.2 Å². The first-order valence-corrected chi connectivity index (χ1v) is 13.3. The van der Waals surface area contributed by atoms with Crippen LogP contribution in [0.2, 0.25) is 0 Å². The van der Waals surface area contributed by atoms with E-state index in [2.05, 4.69) is 62.3 Å². The molecule has 1 saturated heterocycles. The van der Waals surface area contributed by atoms with E-state index in [1.54, 1.807) is 6.92 Å². The summed E-state index contributed by atoms with van der Waals surface area (Å²) < 4.78 is 7.27. The topological polar surface area (TPSA) is 79.7 Å². The number of amides is 3. The molecule has 4 rings (SSSR count). The van der Waals surface area contributed by atoms with Crippen molar-refractivity contribution in [3.63, 3.8) is 0 Å². The monoisotopic (exact) mass is 517 g/mol. The predicted octanol–water partition coefficient (Wildman–Crippen LogP) is 5.84. The van der Waals surface area contributed by atoms with E-state index in [-0.39, 0.29) is 18.6 Å². The molecule has 1 aliphatic heterocycles. The van der Waals surface area contributed by atoms with E-state index in [1.807, 2.05) is 47.1 Å². The van der Waals surface area contributed by atoms with Gasteiger partial charge in [0.15, 0.2) is 0 Å². The lowest BCUT2D eigenvalue weighted by Crippen LogP contribution is -2.42. The fourth-order valence-electron chi connectivity index (χ4n) is 5.00. The van der Waals surface area contributed by atoms with Crippen molar-refractivity contribution in [3.05, 3.63) is 83.6 Å². The van der Waals surface area contributed by atoms with Gasteiger partial charge in [-0.05, 0) is 71.8 Å². The van der Waals surface area contributed by atoms with Gasteiger partial charge in [-0.2, -0.15) is 5.10 Å². The van der Waals surface area contributed by atoms with Gasteiger partial charge in [0.1, 0.15) is 12.4 Å². The number of anilines is 1. The molecule has 0 radical (unpaired) electrons. The van der Waals surface area contributed by atoms with E-state index >= 15 is 0 Å². The summed E-state index contributed by atoms with van der Waals surface area (Å²) in [6.07, 6.45) is 1.16. The molecule has 0 spiro atoms. The van der Waals surface area contributed by atoms with E-state index in [0.717, 1.165) is 42.1 Å². The van der Waals surface area contributed by atoms with Crippen LogP contribution >= 0.6 is 0 Å². The second-order valence-electron chi connectivity index (χ2n) is 11.0. The summed E-state index contributed by atoms with van der Waals surface area (Å²) in [6.45, 7) is 10.1. The molecule has 38 heavy (non-hydrogen) atoms. The second-order valence-corrected chi connectivity index (χ2v) is 11.0. The van der Waals surface area contributed by atoms with Gasteiger partial charge in [-0.1, -0.05) is 60.7 Å². The molecular formula is C30H39N5O3. The van der Waals surface area contributed by atoms with Crippen molar-refractivity contribution in [1.82, 2.24) is 19.6 Å². The minimum absolute atomic E-state index is 0.0988. The van der Waals surface area contributed by atoms with Crippen molar-refractivity contribution in [2.75, 3.05) is 32.0 Å². The van der Waals surface area contributed by atoms with Crippen molar-refractivity contribution < 1.29 is 14.3 Å². The molecule has 1 aromatic heterocycles. The number of hydrogen-bond acceptors (Lipinski definition) is 5. The van der Waals surface area contributed by atoms with E-state index in [9.17, 15) is 9.59 Å². The summed E-state index contributed by atoms with van der Waals surface area (Å²) in [5.41, 5.74) is 2.36.